The number of carboxylic acid groups (broad SMARTS) is 1. The fraction of sp³-hybridized carbons (Fsp3) is 0.556. The fourth-order valence-corrected chi connectivity index (χ4v) is 2.68. The molecule has 0 fully saturated rings. The van der Waals surface area contributed by atoms with E-state index in [9.17, 15) is 29.1 Å². The van der Waals surface area contributed by atoms with E-state index in [-0.39, 0.29) is 25.8 Å². The van der Waals surface area contributed by atoms with Gasteiger partial charge in [-0.15, -0.1) is 0 Å². The van der Waals surface area contributed by atoms with Gasteiger partial charge in [0.05, 0.1) is 12.9 Å². The topological polar surface area (TPSA) is 222 Å². The Morgan fingerprint density at radius 3 is 2.26 bits per heavy atom. The number of hydrogen-bond acceptors (Lipinski definition) is 7. The number of aromatic nitrogens is 2. The van der Waals surface area contributed by atoms with Crippen LogP contribution in [0.4, 0.5) is 0 Å². The highest BCUT2D eigenvalue weighted by atomic mass is 16.4. The van der Waals surface area contributed by atoms with Crippen LogP contribution in [-0.4, -0.2) is 69.3 Å². The molecule has 3 unspecified atom stereocenters. The van der Waals surface area contributed by atoms with Crippen LogP contribution in [0.1, 0.15) is 32.4 Å². The third-order valence-electron chi connectivity index (χ3n) is 4.36. The first-order valence-corrected chi connectivity index (χ1v) is 9.63. The number of nitrogens with zero attached hydrogens (tertiary/aromatic N) is 1. The number of hydrogen-bond donors (Lipinski definition) is 7. The molecule has 0 saturated heterocycles. The second-order valence-electron chi connectivity index (χ2n) is 7.24. The molecule has 13 nitrogen and oxygen atoms in total. The molecule has 172 valence electrons. The van der Waals surface area contributed by atoms with Crippen LogP contribution in [0.15, 0.2) is 12.5 Å². The molecule has 13 heteroatoms. The molecule has 0 aliphatic rings. The molecule has 1 heterocycles. The van der Waals surface area contributed by atoms with Crippen molar-refractivity contribution in [2.45, 2.75) is 51.2 Å². The number of aromatic amines is 1. The van der Waals surface area contributed by atoms with Gasteiger partial charge in [0.15, 0.2) is 0 Å². The molecule has 1 aromatic heterocycles. The van der Waals surface area contributed by atoms with Crippen molar-refractivity contribution in [3.63, 3.8) is 0 Å². The molecule has 0 aliphatic heterocycles. The zero-order valence-electron chi connectivity index (χ0n) is 17.4. The Labute approximate surface area is 178 Å². The SMILES string of the molecule is CC(C)C(NC(=O)C(CCC(N)=O)NC(=O)CN)C(=O)NC(Cc1cnc[nH]1)C(=O)O. The van der Waals surface area contributed by atoms with Crippen LogP contribution in [0.2, 0.25) is 0 Å². The quantitative estimate of drug-likeness (QED) is 0.172. The van der Waals surface area contributed by atoms with Gasteiger partial charge in [-0.05, 0) is 12.3 Å². The highest BCUT2D eigenvalue weighted by molar-refractivity contribution is 5.94. The number of rotatable bonds is 13. The van der Waals surface area contributed by atoms with Crippen molar-refractivity contribution in [3.05, 3.63) is 18.2 Å². The van der Waals surface area contributed by atoms with Crippen molar-refractivity contribution in [1.82, 2.24) is 25.9 Å². The van der Waals surface area contributed by atoms with Gasteiger partial charge in [0.2, 0.25) is 23.6 Å². The van der Waals surface area contributed by atoms with E-state index in [2.05, 4.69) is 25.9 Å². The monoisotopic (exact) mass is 439 g/mol. The molecule has 0 aliphatic carbocycles. The van der Waals surface area contributed by atoms with Crippen LogP contribution >= 0.6 is 0 Å². The zero-order chi connectivity index (χ0) is 23.6. The molecule has 1 aromatic rings. The summed E-state index contributed by atoms with van der Waals surface area (Å²) in [5.41, 5.74) is 10.9. The number of nitrogens with one attached hydrogen (secondary N) is 4. The summed E-state index contributed by atoms with van der Waals surface area (Å²) < 4.78 is 0. The molecule has 0 bridgehead atoms. The lowest BCUT2D eigenvalue weighted by Gasteiger charge is -2.26. The lowest BCUT2D eigenvalue weighted by Crippen LogP contribution is -2.58. The molecule has 3 atom stereocenters. The summed E-state index contributed by atoms with van der Waals surface area (Å²) in [5, 5.41) is 16.7. The van der Waals surface area contributed by atoms with Crippen molar-refractivity contribution in [2.24, 2.45) is 17.4 Å². The molecule has 31 heavy (non-hydrogen) atoms. The summed E-state index contributed by atoms with van der Waals surface area (Å²) in [5.74, 6) is -4.40. The van der Waals surface area contributed by atoms with E-state index in [1.54, 1.807) is 13.8 Å². The standard InChI is InChI=1S/C18H29N7O6/c1-9(2)15(17(29)24-12(18(30)31)5-10-7-21-8-22-10)25-16(28)11(3-4-13(20)26)23-14(27)6-19/h7-9,11-12,15H,3-6,19H2,1-2H3,(H2,20,26)(H,21,22)(H,23,27)(H,24,29)(H,25,28)(H,30,31). The zero-order valence-corrected chi connectivity index (χ0v) is 17.4. The Kier molecular flexibility index (Phi) is 10.1. The number of H-pyrrole nitrogens is 1. The minimum atomic E-state index is -1.26. The van der Waals surface area contributed by atoms with Crippen LogP contribution < -0.4 is 27.4 Å². The minimum absolute atomic E-state index is 0.0341. The smallest absolute Gasteiger partial charge is 0.326 e. The molecule has 0 aromatic carbocycles. The summed E-state index contributed by atoms with van der Waals surface area (Å²) in [7, 11) is 0. The Morgan fingerprint density at radius 2 is 1.77 bits per heavy atom. The first kappa shape index (κ1) is 25.6. The average molecular weight is 439 g/mol. The maximum Gasteiger partial charge on any atom is 0.326 e. The molecule has 1 rings (SSSR count). The molecule has 0 spiro atoms. The van der Waals surface area contributed by atoms with Gasteiger partial charge in [-0.3, -0.25) is 19.2 Å². The average Bonchev–Trinajstić information content (AvgIpc) is 3.20. The van der Waals surface area contributed by atoms with Gasteiger partial charge in [0, 0.05) is 24.7 Å². The van der Waals surface area contributed by atoms with E-state index in [4.69, 9.17) is 11.5 Å². The Hall–Kier alpha value is -3.48. The second-order valence-corrected chi connectivity index (χ2v) is 7.24. The number of carbonyl (C=O) groups is 5. The largest absolute Gasteiger partial charge is 0.480 e. The molecule has 4 amide bonds. The number of aliphatic carboxylic acids is 1. The number of carbonyl (C=O) groups excluding carboxylic acids is 4. The van der Waals surface area contributed by atoms with Crippen LogP contribution in [0.3, 0.4) is 0 Å². The highest BCUT2D eigenvalue weighted by Crippen LogP contribution is 2.07. The van der Waals surface area contributed by atoms with Crippen LogP contribution in [0.5, 0.6) is 0 Å². The van der Waals surface area contributed by atoms with E-state index in [0.717, 1.165) is 0 Å². The van der Waals surface area contributed by atoms with Crippen LogP contribution in [-0.2, 0) is 30.4 Å². The van der Waals surface area contributed by atoms with Gasteiger partial charge in [-0.25, -0.2) is 9.78 Å². The van der Waals surface area contributed by atoms with Gasteiger partial charge < -0.3 is 37.5 Å². The maximum atomic E-state index is 12.7. The maximum absolute atomic E-state index is 12.7. The first-order valence-electron chi connectivity index (χ1n) is 9.63. The first-order chi connectivity index (χ1) is 14.5. The van der Waals surface area contributed by atoms with Crippen molar-refractivity contribution in [2.75, 3.05) is 6.54 Å². The van der Waals surface area contributed by atoms with Gasteiger partial charge in [-0.1, -0.05) is 13.8 Å². The Bertz CT molecular complexity index is 780. The lowest BCUT2D eigenvalue weighted by molar-refractivity contribution is -0.142. The third-order valence-corrected chi connectivity index (χ3v) is 4.36. The van der Waals surface area contributed by atoms with Gasteiger partial charge in [0.25, 0.3) is 0 Å². The van der Waals surface area contributed by atoms with Gasteiger partial charge in [0.1, 0.15) is 18.1 Å². The van der Waals surface area contributed by atoms with Crippen LogP contribution in [0, 0.1) is 5.92 Å². The van der Waals surface area contributed by atoms with Crippen molar-refractivity contribution >= 4 is 29.6 Å². The minimum Gasteiger partial charge on any atom is -0.480 e. The molecule has 9 N–H and O–H groups in total. The molecule has 0 saturated carbocycles. The van der Waals surface area contributed by atoms with Crippen molar-refractivity contribution in [1.29, 1.82) is 0 Å². The van der Waals surface area contributed by atoms with E-state index in [1.165, 1.54) is 12.5 Å². The number of carboxylic acids is 1. The van der Waals surface area contributed by atoms with E-state index in [1.807, 2.05) is 0 Å². The predicted octanol–water partition coefficient (Wildman–Crippen LogP) is -2.63. The molecular weight excluding hydrogens is 410 g/mol. The predicted molar refractivity (Wildman–Crippen MR) is 108 cm³/mol. The van der Waals surface area contributed by atoms with Crippen molar-refractivity contribution in [3.8, 4) is 0 Å². The summed E-state index contributed by atoms with van der Waals surface area (Å²) in [6, 6.07) is -3.49. The van der Waals surface area contributed by atoms with Gasteiger partial charge in [-0.2, -0.15) is 0 Å². The number of imidazole rings is 1. The number of amides is 4. The number of nitrogens with two attached hydrogens (primary N) is 2. The van der Waals surface area contributed by atoms with E-state index >= 15 is 0 Å². The van der Waals surface area contributed by atoms with Crippen molar-refractivity contribution < 1.29 is 29.1 Å². The van der Waals surface area contributed by atoms with Crippen LogP contribution in [0.25, 0.3) is 0 Å². The normalized spacial score (nSPS) is 13.7. The van der Waals surface area contributed by atoms with Gasteiger partial charge >= 0.3 is 5.97 Å². The third kappa shape index (κ3) is 8.82. The summed E-state index contributed by atoms with van der Waals surface area (Å²) >= 11 is 0. The Morgan fingerprint density at radius 1 is 1.10 bits per heavy atom. The fourth-order valence-electron chi connectivity index (χ4n) is 2.68. The summed E-state index contributed by atoms with van der Waals surface area (Å²) in [4.78, 5) is 66.2. The Balaban J connectivity index is 2.89. The highest BCUT2D eigenvalue weighted by Gasteiger charge is 2.31. The summed E-state index contributed by atoms with van der Waals surface area (Å²) in [6.45, 7) is 2.94. The molecule has 0 radical (unpaired) electrons. The number of primary amides is 1. The van der Waals surface area contributed by atoms with E-state index in [0.29, 0.717) is 5.69 Å². The lowest BCUT2D eigenvalue weighted by atomic mass is 10.0. The second kappa shape index (κ2) is 12.3. The van der Waals surface area contributed by atoms with E-state index < -0.39 is 53.6 Å². The molecular formula is C18H29N7O6. The summed E-state index contributed by atoms with van der Waals surface area (Å²) in [6.07, 6.45) is 2.53.